The molecule has 2 nitrogen and oxygen atoms in total. The minimum atomic E-state index is 0.653. The van der Waals surface area contributed by atoms with Gasteiger partial charge in [0.15, 0.2) is 0 Å². The van der Waals surface area contributed by atoms with Crippen LogP contribution in [0.4, 0.5) is 0 Å². The molecule has 1 rings (SSSR count). The number of hydrogen-bond acceptors (Lipinski definition) is 1. The smallest absolute Gasteiger partial charge is 0.0727 e. The Morgan fingerprint density at radius 3 is 2.44 bits per heavy atom. The average Bonchev–Trinajstić information content (AvgIpc) is 1.91. The minimum absolute atomic E-state index is 0.653. The molecule has 1 aliphatic rings. The van der Waals surface area contributed by atoms with E-state index in [4.69, 9.17) is 5.90 Å². The van der Waals surface area contributed by atoms with Gasteiger partial charge in [-0.1, -0.05) is 19.3 Å². The third-order valence-electron chi connectivity index (χ3n) is 2.04. The molecule has 0 aromatic rings. The Balaban J connectivity index is 2.08. The predicted molar refractivity (Wildman–Crippen MR) is 35.6 cm³/mol. The molecule has 1 aliphatic carbocycles. The second kappa shape index (κ2) is 3.85. The van der Waals surface area contributed by atoms with E-state index >= 15 is 0 Å². The molecular formula is C7H14NO. The Morgan fingerprint density at radius 1 is 1.22 bits per heavy atom. The summed E-state index contributed by atoms with van der Waals surface area (Å²) in [6.45, 7) is 0.653. The third-order valence-corrected chi connectivity index (χ3v) is 2.04. The monoisotopic (exact) mass is 128 g/mol. The maximum Gasteiger partial charge on any atom is 0.0727 e. The van der Waals surface area contributed by atoms with Crippen LogP contribution in [-0.4, -0.2) is 6.61 Å². The second-order valence-corrected chi connectivity index (χ2v) is 2.82. The van der Waals surface area contributed by atoms with E-state index in [-0.39, 0.29) is 0 Å². The van der Waals surface area contributed by atoms with Gasteiger partial charge in [-0.2, -0.15) is 0 Å². The summed E-state index contributed by atoms with van der Waals surface area (Å²) in [7, 11) is 0. The summed E-state index contributed by atoms with van der Waals surface area (Å²) in [5.74, 6) is 7.23. The highest BCUT2D eigenvalue weighted by atomic mass is 16.6. The molecule has 1 saturated carbocycles. The topological polar surface area (TPSA) is 33.0 Å². The molecule has 0 atom stereocenters. The zero-order chi connectivity index (χ0) is 6.53. The van der Waals surface area contributed by atoms with Gasteiger partial charge in [0.05, 0.1) is 6.61 Å². The van der Waals surface area contributed by atoms with Gasteiger partial charge in [0.25, 0.3) is 0 Å². The van der Waals surface area contributed by atoms with Gasteiger partial charge >= 0.3 is 0 Å². The first kappa shape index (κ1) is 7.03. The summed E-state index contributed by atoms with van der Waals surface area (Å²) in [6.07, 6.45) is 6.62. The van der Waals surface area contributed by atoms with Crippen LogP contribution in [0, 0.1) is 5.92 Å². The van der Waals surface area contributed by atoms with Gasteiger partial charge in [0, 0.05) is 0 Å². The Bertz CT molecular complexity index is 66.6. The molecule has 0 heterocycles. The lowest BCUT2D eigenvalue weighted by molar-refractivity contribution is 0.0713. The van der Waals surface area contributed by atoms with Gasteiger partial charge in [-0.3, -0.25) is 4.84 Å². The predicted octanol–water partition coefficient (Wildman–Crippen LogP) is 1.78. The lowest BCUT2D eigenvalue weighted by Gasteiger charge is -2.19. The first-order valence-electron chi connectivity index (χ1n) is 3.72. The molecule has 0 saturated heterocycles. The normalized spacial score (nSPS) is 22.3. The second-order valence-electron chi connectivity index (χ2n) is 2.82. The van der Waals surface area contributed by atoms with Gasteiger partial charge < -0.3 is 0 Å². The van der Waals surface area contributed by atoms with Crippen LogP contribution in [0.5, 0.6) is 0 Å². The SMILES string of the molecule is [NH]OCC1CCCCC1. The van der Waals surface area contributed by atoms with Gasteiger partial charge in [0.2, 0.25) is 0 Å². The molecule has 0 aromatic heterocycles. The molecule has 0 spiro atoms. The van der Waals surface area contributed by atoms with Gasteiger partial charge in [-0.15, -0.1) is 5.90 Å². The van der Waals surface area contributed by atoms with E-state index in [1.807, 2.05) is 0 Å². The van der Waals surface area contributed by atoms with E-state index in [2.05, 4.69) is 4.84 Å². The van der Waals surface area contributed by atoms with Crippen molar-refractivity contribution in [1.29, 1.82) is 0 Å². The molecule has 53 valence electrons. The summed E-state index contributed by atoms with van der Waals surface area (Å²) >= 11 is 0. The van der Waals surface area contributed by atoms with Crippen LogP contribution in [0.2, 0.25) is 0 Å². The van der Waals surface area contributed by atoms with Crippen molar-refractivity contribution in [3.05, 3.63) is 0 Å². The standard InChI is InChI=1S/C7H14NO/c8-9-6-7-4-2-1-3-5-7/h7-8H,1-6H2. The quantitative estimate of drug-likeness (QED) is 0.522. The molecule has 9 heavy (non-hydrogen) atoms. The van der Waals surface area contributed by atoms with Crippen molar-refractivity contribution in [2.24, 2.45) is 5.92 Å². The molecule has 2 heteroatoms. The van der Waals surface area contributed by atoms with E-state index in [1.165, 1.54) is 32.1 Å². The van der Waals surface area contributed by atoms with E-state index in [1.54, 1.807) is 0 Å². The maximum atomic E-state index is 6.54. The van der Waals surface area contributed by atoms with E-state index in [0.717, 1.165) is 0 Å². The average molecular weight is 128 g/mol. The fraction of sp³-hybridized carbons (Fsp3) is 1.00. The van der Waals surface area contributed by atoms with Crippen molar-refractivity contribution >= 4 is 0 Å². The number of hydrogen-bond donors (Lipinski definition) is 0. The van der Waals surface area contributed by atoms with E-state index in [0.29, 0.717) is 12.5 Å². The highest BCUT2D eigenvalue weighted by molar-refractivity contribution is 4.63. The minimum Gasteiger partial charge on any atom is -0.285 e. The Morgan fingerprint density at radius 2 is 1.89 bits per heavy atom. The molecule has 0 aromatic carbocycles. The zero-order valence-corrected chi connectivity index (χ0v) is 5.73. The molecule has 1 radical (unpaired) electrons. The highest BCUT2D eigenvalue weighted by Crippen LogP contribution is 2.23. The van der Waals surface area contributed by atoms with E-state index in [9.17, 15) is 0 Å². The van der Waals surface area contributed by atoms with Crippen molar-refractivity contribution in [2.45, 2.75) is 32.1 Å². The van der Waals surface area contributed by atoms with Crippen LogP contribution in [0.25, 0.3) is 0 Å². The Labute approximate surface area is 56.3 Å². The largest absolute Gasteiger partial charge is 0.285 e. The molecule has 0 bridgehead atoms. The fourth-order valence-corrected chi connectivity index (χ4v) is 1.47. The van der Waals surface area contributed by atoms with Gasteiger partial charge in [-0.05, 0) is 18.8 Å². The van der Waals surface area contributed by atoms with Crippen LogP contribution in [0.1, 0.15) is 32.1 Å². The zero-order valence-electron chi connectivity index (χ0n) is 5.73. The summed E-state index contributed by atoms with van der Waals surface area (Å²) < 4.78 is 0. The first-order valence-corrected chi connectivity index (χ1v) is 3.72. The van der Waals surface area contributed by atoms with Crippen LogP contribution in [0.15, 0.2) is 0 Å². The number of nitrogens with one attached hydrogen (secondary N) is 1. The van der Waals surface area contributed by atoms with Crippen molar-refractivity contribution in [1.82, 2.24) is 5.90 Å². The lowest BCUT2D eigenvalue weighted by Crippen LogP contribution is -2.12. The third kappa shape index (κ3) is 2.33. The fourth-order valence-electron chi connectivity index (χ4n) is 1.47. The lowest BCUT2D eigenvalue weighted by atomic mass is 9.90. The first-order chi connectivity index (χ1) is 4.43. The van der Waals surface area contributed by atoms with Crippen LogP contribution in [-0.2, 0) is 4.84 Å². The highest BCUT2D eigenvalue weighted by Gasteiger charge is 2.12. The summed E-state index contributed by atoms with van der Waals surface area (Å²) in [5, 5.41) is 0. The summed E-state index contributed by atoms with van der Waals surface area (Å²) in [4.78, 5) is 4.33. The summed E-state index contributed by atoms with van der Waals surface area (Å²) in [5.41, 5.74) is 0. The van der Waals surface area contributed by atoms with Crippen molar-refractivity contribution in [3.8, 4) is 0 Å². The molecule has 1 fully saturated rings. The van der Waals surface area contributed by atoms with Gasteiger partial charge in [0.1, 0.15) is 0 Å². The molecular weight excluding hydrogens is 114 g/mol. The maximum absolute atomic E-state index is 6.54. The van der Waals surface area contributed by atoms with Gasteiger partial charge in [-0.25, -0.2) is 0 Å². The molecule has 0 aliphatic heterocycles. The van der Waals surface area contributed by atoms with Crippen LogP contribution in [0.3, 0.4) is 0 Å². The van der Waals surface area contributed by atoms with Crippen molar-refractivity contribution in [2.75, 3.05) is 6.61 Å². The van der Waals surface area contributed by atoms with Crippen molar-refractivity contribution in [3.63, 3.8) is 0 Å². The molecule has 0 unspecified atom stereocenters. The van der Waals surface area contributed by atoms with Crippen LogP contribution >= 0.6 is 0 Å². The molecule has 1 N–H and O–H groups in total. The Kier molecular flexibility index (Phi) is 3.01. The molecule has 0 amide bonds. The number of rotatable bonds is 2. The van der Waals surface area contributed by atoms with E-state index < -0.39 is 0 Å². The Hall–Kier alpha value is -0.0800. The van der Waals surface area contributed by atoms with Crippen molar-refractivity contribution < 1.29 is 4.84 Å². The van der Waals surface area contributed by atoms with Crippen LogP contribution < -0.4 is 5.90 Å². The summed E-state index contributed by atoms with van der Waals surface area (Å²) in [6, 6.07) is 0.